The minimum atomic E-state index is -0.785. The largest absolute Gasteiger partial charge is 0.433 e. The van der Waals surface area contributed by atoms with E-state index in [9.17, 15) is 8.78 Å². The number of aliphatic hydroxyl groups excluding tert-OH is 1. The lowest BCUT2D eigenvalue weighted by Crippen LogP contribution is -1.98. The van der Waals surface area contributed by atoms with Crippen LogP contribution in [0.4, 0.5) is 8.78 Å². The lowest BCUT2D eigenvalue weighted by molar-refractivity contribution is 0.299. The summed E-state index contributed by atoms with van der Waals surface area (Å²) in [6, 6.07) is 5.16. The number of ether oxygens (including phenoxy) is 1. The molecule has 0 amide bonds. The van der Waals surface area contributed by atoms with Crippen LogP contribution in [0.1, 0.15) is 5.56 Å². The van der Waals surface area contributed by atoms with Crippen LogP contribution >= 0.6 is 11.6 Å². The van der Waals surface area contributed by atoms with E-state index >= 15 is 0 Å². The molecule has 0 atom stereocenters. The van der Waals surface area contributed by atoms with E-state index in [1.165, 1.54) is 23.0 Å². The maximum Gasteiger partial charge on any atom is 0.256 e. The molecular formula is C16H12ClF2N3O2. The van der Waals surface area contributed by atoms with Crippen molar-refractivity contribution in [2.75, 3.05) is 6.61 Å². The van der Waals surface area contributed by atoms with Gasteiger partial charge in [0, 0.05) is 25.1 Å². The number of benzene rings is 1. The predicted octanol–water partition coefficient (Wildman–Crippen LogP) is 3.53. The van der Waals surface area contributed by atoms with E-state index < -0.39 is 11.6 Å². The molecule has 3 rings (SSSR count). The van der Waals surface area contributed by atoms with Gasteiger partial charge in [0.25, 0.3) is 5.88 Å². The van der Waals surface area contributed by atoms with Gasteiger partial charge >= 0.3 is 0 Å². The number of halogens is 3. The van der Waals surface area contributed by atoms with E-state index in [4.69, 9.17) is 21.4 Å². The maximum atomic E-state index is 14.2. The van der Waals surface area contributed by atoms with E-state index in [0.717, 1.165) is 11.6 Å². The van der Waals surface area contributed by atoms with Gasteiger partial charge in [-0.1, -0.05) is 11.6 Å². The topological polar surface area (TPSA) is 60.2 Å². The summed E-state index contributed by atoms with van der Waals surface area (Å²) in [5.74, 6) is -2.01. The van der Waals surface area contributed by atoms with Gasteiger partial charge in [0.05, 0.1) is 16.9 Å². The minimum absolute atomic E-state index is 0.00644. The van der Waals surface area contributed by atoms with Crippen molar-refractivity contribution >= 4 is 11.6 Å². The van der Waals surface area contributed by atoms with Gasteiger partial charge in [-0.15, -0.1) is 0 Å². The van der Waals surface area contributed by atoms with Crippen LogP contribution in [0.15, 0.2) is 42.9 Å². The second-order valence-electron chi connectivity index (χ2n) is 4.92. The summed E-state index contributed by atoms with van der Waals surface area (Å²) < 4.78 is 34.5. The van der Waals surface area contributed by atoms with Crippen molar-refractivity contribution in [3.63, 3.8) is 0 Å². The van der Waals surface area contributed by atoms with E-state index in [0.29, 0.717) is 12.1 Å². The molecule has 0 aliphatic carbocycles. The van der Waals surface area contributed by atoms with Gasteiger partial charge in [-0.2, -0.15) is 5.10 Å². The average Bonchev–Trinajstić information content (AvgIpc) is 3.01. The number of rotatable bonds is 5. The summed E-state index contributed by atoms with van der Waals surface area (Å²) in [5.41, 5.74) is 1.29. The zero-order valence-electron chi connectivity index (χ0n) is 12.3. The Kier molecular flexibility index (Phi) is 4.73. The minimum Gasteiger partial charge on any atom is -0.433 e. The van der Waals surface area contributed by atoms with Crippen LogP contribution in [-0.2, 0) is 6.42 Å². The van der Waals surface area contributed by atoms with Crippen LogP contribution in [-0.4, -0.2) is 26.5 Å². The molecule has 2 heterocycles. The molecule has 0 saturated carbocycles. The van der Waals surface area contributed by atoms with Crippen molar-refractivity contribution in [2.24, 2.45) is 0 Å². The van der Waals surface area contributed by atoms with Crippen LogP contribution in [0, 0.1) is 11.6 Å². The molecule has 0 aliphatic rings. The summed E-state index contributed by atoms with van der Waals surface area (Å²) in [7, 11) is 0. The Balaban J connectivity index is 1.83. The van der Waals surface area contributed by atoms with Gasteiger partial charge in [0.15, 0.2) is 17.4 Å². The molecule has 0 radical (unpaired) electrons. The highest BCUT2D eigenvalue weighted by Gasteiger charge is 2.12. The Morgan fingerprint density at radius 3 is 2.71 bits per heavy atom. The quantitative estimate of drug-likeness (QED) is 0.764. The third-order valence-corrected chi connectivity index (χ3v) is 3.40. The standard InChI is InChI=1S/C16H12ClF2N3O2/c17-11-5-14(19)16(20-8-11)24-15-2-1-12(6-13(15)18)22-9-10(3-4-23)7-21-22/h1-2,5-9,23H,3-4H2. The van der Waals surface area contributed by atoms with E-state index in [2.05, 4.69) is 10.1 Å². The summed E-state index contributed by atoms with van der Waals surface area (Å²) in [6.45, 7) is 0.00644. The van der Waals surface area contributed by atoms with Crippen molar-refractivity contribution in [2.45, 2.75) is 6.42 Å². The van der Waals surface area contributed by atoms with Gasteiger partial charge in [-0.3, -0.25) is 0 Å². The molecule has 3 aromatic rings. The van der Waals surface area contributed by atoms with Crippen LogP contribution < -0.4 is 4.74 Å². The number of aliphatic hydroxyl groups is 1. The summed E-state index contributed by atoms with van der Waals surface area (Å²) in [5, 5.41) is 13.1. The molecule has 0 unspecified atom stereocenters. The van der Waals surface area contributed by atoms with Crippen LogP contribution in [0.25, 0.3) is 5.69 Å². The summed E-state index contributed by atoms with van der Waals surface area (Å²) >= 11 is 5.61. The fourth-order valence-corrected chi connectivity index (χ4v) is 2.20. The molecule has 5 nitrogen and oxygen atoms in total. The van der Waals surface area contributed by atoms with Crippen LogP contribution in [0.2, 0.25) is 5.02 Å². The molecule has 1 N–H and O–H groups in total. The van der Waals surface area contributed by atoms with Crippen molar-refractivity contribution in [1.82, 2.24) is 14.8 Å². The first-order valence-electron chi connectivity index (χ1n) is 7.00. The first-order valence-corrected chi connectivity index (χ1v) is 7.38. The van der Waals surface area contributed by atoms with Crippen molar-refractivity contribution < 1.29 is 18.6 Å². The zero-order valence-corrected chi connectivity index (χ0v) is 13.0. The monoisotopic (exact) mass is 351 g/mol. The van der Waals surface area contributed by atoms with Crippen molar-refractivity contribution in [3.05, 3.63) is 65.1 Å². The first-order chi connectivity index (χ1) is 11.6. The molecule has 2 aromatic heterocycles. The number of hydrogen-bond acceptors (Lipinski definition) is 4. The Labute approximate surface area is 141 Å². The number of aromatic nitrogens is 3. The third kappa shape index (κ3) is 3.52. The lowest BCUT2D eigenvalue weighted by atomic mass is 10.2. The second-order valence-corrected chi connectivity index (χ2v) is 5.36. The predicted molar refractivity (Wildman–Crippen MR) is 83.6 cm³/mol. The van der Waals surface area contributed by atoms with E-state index in [1.807, 2.05) is 0 Å². The van der Waals surface area contributed by atoms with Crippen LogP contribution in [0.3, 0.4) is 0 Å². The van der Waals surface area contributed by atoms with Crippen LogP contribution in [0.5, 0.6) is 11.6 Å². The van der Waals surface area contributed by atoms with Gasteiger partial charge < -0.3 is 9.84 Å². The molecule has 1 aromatic carbocycles. The summed E-state index contributed by atoms with van der Waals surface area (Å²) in [4.78, 5) is 3.68. The molecule has 8 heteroatoms. The molecule has 0 aliphatic heterocycles. The zero-order chi connectivity index (χ0) is 17.1. The normalized spacial score (nSPS) is 10.8. The van der Waals surface area contributed by atoms with Gasteiger partial charge in [-0.25, -0.2) is 18.4 Å². The number of nitrogens with zero attached hydrogens (tertiary/aromatic N) is 3. The smallest absolute Gasteiger partial charge is 0.256 e. The van der Waals surface area contributed by atoms with Crippen molar-refractivity contribution in [3.8, 4) is 17.3 Å². The molecule has 0 bridgehead atoms. The molecule has 124 valence electrons. The second kappa shape index (κ2) is 6.94. The molecule has 24 heavy (non-hydrogen) atoms. The number of pyridine rings is 1. The third-order valence-electron chi connectivity index (χ3n) is 3.20. The molecule has 0 spiro atoms. The summed E-state index contributed by atoms with van der Waals surface area (Å²) in [6.07, 6.45) is 4.95. The Morgan fingerprint density at radius 2 is 2.00 bits per heavy atom. The molecular weight excluding hydrogens is 340 g/mol. The lowest BCUT2D eigenvalue weighted by Gasteiger charge is -2.08. The Hall–Kier alpha value is -2.51. The van der Waals surface area contributed by atoms with Gasteiger partial charge in [0.2, 0.25) is 0 Å². The highest BCUT2D eigenvalue weighted by atomic mass is 35.5. The SMILES string of the molecule is OCCc1cnn(-c2ccc(Oc3ncc(Cl)cc3F)c(F)c2)c1. The first kappa shape index (κ1) is 16.4. The molecule has 0 fully saturated rings. The highest BCUT2D eigenvalue weighted by Crippen LogP contribution is 2.27. The average molecular weight is 352 g/mol. The number of hydrogen-bond donors (Lipinski definition) is 1. The van der Waals surface area contributed by atoms with Gasteiger partial charge in [-0.05, 0) is 30.2 Å². The van der Waals surface area contributed by atoms with Gasteiger partial charge in [0.1, 0.15) is 0 Å². The Morgan fingerprint density at radius 1 is 1.17 bits per heavy atom. The Bertz CT molecular complexity index is 870. The fourth-order valence-electron chi connectivity index (χ4n) is 2.06. The fraction of sp³-hybridized carbons (Fsp3) is 0.125. The highest BCUT2D eigenvalue weighted by molar-refractivity contribution is 6.30. The molecule has 0 saturated heterocycles. The van der Waals surface area contributed by atoms with Crippen molar-refractivity contribution in [1.29, 1.82) is 0 Å². The maximum absolute atomic E-state index is 14.2. The van der Waals surface area contributed by atoms with E-state index in [-0.39, 0.29) is 23.3 Å². The van der Waals surface area contributed by atoms with E-state index in [1.54, 1.807) is 18.5 Å².